The molecule has 0 amide bonds. The molecule has 0 radical (unpaired) electrons. The molecule has 0 bridgehead atoms. The molecule has 2 atom stereocenters. The minimum Gasteiger partial charge on any atom is -0.482 e. The summed E-state index contributed by atoms with van der Waals surface area (Å²) in [6.45, 7) is 6.86. The van der Waals surface area contributed by atoms with Crippen LogP contribution in [0.3, 0.4) is 0 Å². The molecule has 1 aromatic heterocycles. The predicted octanol–water partition coefficient (Wildman–Crippen LogP) is 5.10. The van der Waals surface area contributed by atoms with Crippen molar-refractivity contribution in [3.63, 3.8) is 0 Å². The summed E-state index contributed by atoms with van der Waals surface area (Å²) in [4.78, 5) is 4.51. The van der Waals surface area contributed by atoms with Gasteiger partial charge in [0.15, 0.2) is 6.10 Å². The Morgan fingerprint density at radius 2 is 1.92 bits per heavy atom. The highest BCUT2D eigenvalue weighted by Crippen LogP contribution is 2.32. The molecule has 1 saturated carbocycles. The van der Waals surface area contributed by atoms with Crippen molar-refractivity contribution in [2.24, 2.45) is 11.8 Å². The molecular weight excluding hydrogens is 372 g/mol. The molecule has 1 fully saturated rings. The van der Waals surface area contributed by atoms with Crippen molar-refractivity contribution < 1.29 is 14.0 Å². The van der Waals surface area contributed by atoms with Gasteiger partial charge in [-0.15, -0.1) is 0 Å². The molecule has 130 valence electrons. The van der Waals surface area contributed by atoms with Gasteiger partial charge < -0.3 is 14.0 Å². The zero-order chi connectivity index (χ0) is 17.1. The second kappa shape index (κ2) is 7.66. The second-order valence-electron chi connectivity index (χ2n) is 6.65. The van der Waals surface area contributed by atoms with Crippen molar-refractivity contribution in [1.82, 2.24) is 10.1 Å². The molecule has 0 saturated heterocycles. The first-order chi connectivity index (χ1) is 11.5. The fourth-order valence-electron chi connectivity index (χ4n) is 2.31. The number of rotatable bonds is 8. The average Bonchev–Trinajstić information content (AvgIpc) is 3.26. The van der Waals surface area contributed by atoms with Crippen molar-refractivity contribution in [3.05, 3.63) is 40.5 Å². The maximum Gasteiger partial charge on any atom is 0.255 e. The van der Waals surface area contributed by atoms with E-state index in [0.717, 1.165) is 16.8 Å². The lowest BCUT2D eigenvalue weighted by molar-refractivity contribution is 0.0361. The molecule has 1 heterocycles. The molecule has 0 aliphatic heterocycles. The monoisotopic (exact) mass is 394 g/mol. The third-order valence-electron chi connectivity index (χ3n) is 4.02. The molecule has 0 N–H and O–H groups in total. The van der Waals surface area contributed by atoms with Gasteiger partial charge in [0.05, 0.1) is 6.61 Å². The van der Waals surface area contributed by atoms with Crippen LogP contribution in [0, 0.1) is 11.8 Å². The van der Waals surface area contributed by atoms with Crippen LogP contribution in [0.1, 0.15) is 57.5 Å². The number of halogens is 1. The molecule has 2 aromatic rings. The molecule has 6 heteroatoms. The van der Waals surface area contributed by atoms with Crippen LogP contribution in [0.5, 0.6) is 5.75 Å². The van der Waals surface area contributed by atoms with E-state index in [1.54, 1.807) is 0 Å². The van der Waals surface area contributed by atoms with E-state index in [-0.39, 0.29) is 18.1 Å². The summed E-state index contributed by atoms with van der Waals surface area (Å²) in [5.41, 5.74) is 0. The molecule has 5 nitrogen and oxygen atoms in total. The maximum atomic E-state index is 6.07. The Balaban J connectivity index is 1.67. The zero-order valence-corrected chi connectivity index (χ0v) is 15.8. The molecule has 1 aromatic carbocycles. The largest absolute Gasteiger partial charge is 0.482 e. The summed E-state index contributed by atoms with van der Waals surface area (Å²) in [6, 6.07) is 7.73. The smallest absolute Gasteiger partial charge is 0.255 e. The van der Waals surface area contributed by atoms with Crippen LogP contribution in [-0.2, 0) is 4.74 Å². The highest BCUT2D eigenvalue weighted by molar-refractivity contribution is 9.10. The number of benzene rings is 1. The van der Waals surface area contributed by atoms with Gasteiger partial charge in [-0.3, -0.25) is 0 Å². The Kier molecular flexibility index (Phi) is 5.56. The van der Waals surface area contributed by atoms with Crippen LogP contribution in [0.2, 0.25) is 0 Å². The van der Waals surface area contributed by atoms with E-state index >= 15 is 0 Å². The Morgan fingerprint density at radius 1 is 1.21 bits per heavy atom. The van der Waals surface area contributed by atoms with E-state index in [9.17, 15) is 0 Å². The first kappa shape index (κ1) is 17.4. The van der Waals surface area contributed by atoms with Crippen LogP contribution < -0.4 is 4.74 Å². The van der Waals surface area contributed by atoms with Crippen LogP contribution in [-0.4, -0.2) is 16.7 Å². The number of ether oxygens (including phenoxy) is 2. The molecule has 2 unspecified atom stereocenters. The first-order valence-electron chi connectivity index (χ1n) is 8.40. The number of hydrogen-bond acceptors (Lipinski definition) is 5. The van der Waals surface area contributed by atoms with Crippen LogP contribution in [0.25, 0.3) is 0 Å². The second-order valence-corrected chi connectivity index (χ2v) is 7.56. The Morgan fingerprint density at radius 3 is 2.54 bits per heavy atom. The summed E-state index contributed by atoms with van der Waals surface area (Å²) in [6.07, 6.45) is 2.07. The van der Waals surface area contributed by atoms with E-state index in [4.69, 9.17) is 14.0 Å². The third kappa shape index (κ3) is 4.57. The normalized spacial score (nSPS) is 17.0. The van der Waals surface area contributed by atoms with Crippen LogP contribution in [0.15, 0.2) is 33.3 Å². The lowest BCUT2D eigenvalue weighted by atomic mass is 10.1. The van der Waals surface area contributed by atoms with Gasteiger partial charge in [-0.1, -0.05) is 34.9 Å². The maximum absolute atomic E-state index is 6.07. The van der Waals surface area contributed by atoms with Crippen molar-refractivity contribution >= 4 is 15.9 Å². The number of nitrogens with zero attached hydrogens (tertiary/aromatic N) is 2. The standard InChI is InChI=1S/C18H23BrN2O3/c1-11(2)16(23-15-8-6-14(19)7-9-15)17-20-18(24-21-17)12(3)22-10-13-4-5-13/h6-9,11-13,16H,4-5,10H2,1-3H3. The van der Waals surface area contributed by atoms with E-state index in [1.807, 2.05) is 31.2 Å². The molecule has 3 rings (SSSR count). The van der Waals surface area contributed by atoms with Gasteiger partial charge >= 0.3 is 0 Å². The summed E-state index contributed by atoms with van der Waals surface area (Å²) in [7, 11) is 0. The van der Waals surface area contributed by atoms with Gasteiger partial charge in [0.1, 0.15) is 11.9 Å². The van der Waals surface area contributed by atoms with Crippen molar-refractivity contribution in [2.75, 3.05) is 6.61 Å². The van der Waals surface area contributed by atoms with Crippen molar-refractivity contribution in [2.45, 2.75) is 45.8 Å². The van der Waals surface area contributed by atoms with Crippen LogP contribution >= 0.6 is 15.9 Å². The molecule has 1 aliphatic carbocycles. The molecule has 24 heavy (non-hydrogen) atoms. The van der Waals surface area contributed by atoms with Gasteiger partial charge in [-0.2, -0.15) is 4.98 Å². The van der Waals surface area contributed by atoms with Gasteiger partial charge in [0.2, 0.25) is 5.82 Å². The summed E-state index contributed by atoms with van der Waals surface area (Å²) in [5, 5.41) is 4.11. The highest BCUT2D eigenvalue weighted by atomic mass is 79.9. The lowest BCUT2D eigenvalue weighted by Crippen LogP contribution is -2.16. The Labute approximate surface area is 150 Å². The van der Waals surface area contributed by atoms with Gasteiger partial charge in [0.25, 0.3) is 5.89 Å². The average molecular weight is 395 g/mol. The van der Waals surface area contributed by atoms with E-state index < -0.39 is 0 Å². The number of hydrogen-bond donors (Lipinski definition) is 0. The van der Waals surface area contributed by atoms with Gasteiger partial charge in [0, 0.05) is 4.47 Å². The van der Waals surface area contributed by atoms with Crippen LogP contribution in [0.4, 0.5) is 0 Å². The highest BCUT2D eigenvalue weighted by Gasteiger charge is 2.27. The molecule has 1 aliphatic rings. The molecule has 0 spiro atoms. The van der Waals surface area contributed by atoms with Crippen molar-refractivity contribution in [1.29, 1.82) is 0 Å². The van der Waals surface area contributed by atoms with E-state index in [0.29, 0.717) is 17.6 Å². The van der Waals surface area contributed by atoms with E-state index in [1.165, 1.54) is 12.8 Å². The summed E-state index contributed by atoms with van der Waals surface area (Å²) >= 11 is 3.42. The minimum absolute atomic E-state index is 0.188. The van der Waals surface area contributed by atoms with Gasteiger partial charge in [-0.05, 0) is 55.9 Å². The topological polar surface area (TPSA) is 57.4 Å². The SMILES string of the molecule is CC(OCC1CC1)c1nc(C(Oc2ccc(Br)cc2)C(C)C)no1. The summed E-state index contributed by atoms with van der Waals surface area (Å²) in [5.74, 6) is 2.77. The first-order valence-corrected chi connectivity index (χ1v) is 9.19. The number of aromatic nitrogens is 2. The fraction of sp³-hybridized carbons (Fsp3) is 0.556. The summed E-state index contributed by atoms with van der Waals surface area (Å²) < 4.78 is 18.3. The quantitative estimate of drug-likeness (QED) is 0.623. The van der Waals surface area contributed by atoms with Crippen molar-refractivity contribution in [3.8, 4) is 5.75 Å². The van der Waals surface area contributed by atoms with Gasteiger partial charge in [-0.25, -0.2) is 0 Å². The third-order valence-corrected chi connectivity index (χ3v) is 4.55. The lowest BCUT2D eigenvalue weighted by Gasteiger charge is -2.19. The minimum atomic E-state index is -0.265. The fourth-order valence-corrected chi connectivity index (χ4v) is 2.58. The Hall–Kier alpha value is -1.40. The van der Waals surface area contributed by atoms with E-state index in [2.05, 4.69) is 39.9 Å². The Bertz CT molecular complexity index is 653. The predicted molar refractivity (Wildman–Crippen MR) is 93.7 cm³/mol. The zero-order valence-electron chi connectivity index (χ0n) is 14.2. The molecular formula is C18H23BrN2O3.